The smallest absolute Gasteiger partial charge is 0.405 e. The second-order valence-electron chi connectivity index (χ2n) is 8.99. The fourth-order valence-electron chi connectivity index (χ4n) is 3.91. The van der Waals surface area contributed by atoms with Crippen molar-refractivity contribution < 1.29 is 32.3 Å². The molecule has 0 bridgehead atoms. The molecule has 40 heavy (non-hydrogen) atoms. The number of alkyl halides is 3. The fraction of sp³-hybridized carbons (Fsp3) is 0.308. The van der Waals surface area contributed by atoms with Crippen LogP contribution in [0.5, 0.6) is 5.75 Å². The lowest BCUT2D eigenvalue weighted by Crippen LogP contribution is -2.50. The Morgan fingerprint density at radius 2 is 1.68 bits per heavy atom. The van der Waals surface area contributed by atoms with Crippen LogP contribution in [0, 0.1) is 0 Å². The molecule has 2 heterocycles. The van der Waals surface area contributed by atoms with Gasteiger partial charge in [-0.3, -0.25) is 19.7 Å². The number of thiazole rings is 1. The predicted octanol–water partition coefficient (Wildman–Crippen LogP) is 4.82. The molecule has 1 aliphatic rings. The van der Waals surface area contributed by atoms with E-state index in [4.69, 9.17) is 0 Å². The molecule has 0 unspecified atom stereocenters. The second kappa shape index (κ2) is 12.2. The van der Waals surface area contributed by atoms with Crippen molar-refractivity contribution in [3.05, 3.63) is 59.8 Å². The zero-order chi connectivity index (χ0) is 29.0. The molecule has 9 nitrogen and oxygen atoms in total. The molecule has 0 radical (unpaired) electrons. The molecule has 212 valence electrons. The number of nitrogens with zero attached hydrogens (tertiary/aromatic N) is 4. The number of piperazine rings is 1. The Morgan fingerprint density at radius 1 is 1.02 bits per heavy atom. The number of halogens is 3. The van der Waals surface area contributed by atoms with Crippen LogP contribution in [0.15, 0.2) is 57.8 Å². The van der Waals surface area contributed by atoms with E-state index < -0.39 is 18.0 Å². The molecule has 3 amide bonds. The van der Waals surface area contributed by atoms with Gasteiger partial charge in [0, 0.05) is 63.3 Å². The Balaban J connectivity index is 1.48. The molecule has 0 aliphatic carbocycles. The van der Waals surface area contributed by atoms with Crippen LogP contribution in [0.3, 0.4) is 0 Å². The number of carbonyl (C=O) groups excluding carboxylic acids is 3. The highest BCUT2D eigenvalue weighted by Crippen LogP contribution is 2.37. The van der Waals surface area contributed by atoms with Crippen molar-refractivity contribution in [1.29, 1.82) is 0 Å². The number of hydrogen-bond donors (Lipinski definition) is 1. The van der Waals surface area contributed by atoms with E-state index >= 15 is 0 Å². The number of anilines is 2. The first kappa shape index (κ1) is 29.2. The van der Waals surface area contributed by atoms with Crippen molar-refractivity contribution >= 4 is 51.6 Å². The largest absolute Gasteiger partial charge is 0.573 e. The number of rotatable bonds is 7. The van der Waals surface area contributed by atoms with Gasteiger partial charge in [-0.2, -0.15) is 0 Å². The fourth-order valence-corrected chi connectivity index (χ4v) is 5.80. The van der Waals surface area contributed by atoms with Crippen LogP contribution in [0.2, 0.25) is 0 Å². The van der Waals surface area contributed by atoms with Crippen molar-refractivity contribution in [2.45, 2.75) is 22.4 Å². The summed E-state index contributed by atoms with van der Waals surface area (Å²) in [6.45, 7) is 2.39. The number of aromatic nitrogens is 1. The minimum absolute atomic E-state index is 0.131. The van der Waals surface area contributed by atoms with E-state index in [1.165, 1.54) is 53.3 Å². The highest BCUT2D eigenvalue weighted by Gasteiger charge is 2.34. The summed E-state index contributed by atoms with van der Waals surface area (Å²) in [5.41, 5.74) is 1.17. The van der Waals surface area contributed by atoms with Crippen LogP contribution >= 0.6 is 23.1 Å². The average Bonchev–Trinajstić information content (AvgIpc) is 3.34. The molecule has 14 heteroatoms. The van der Waals surface area contributed by atoms with Gasteiger partial charge in [-0.05, 0) is 42.5 Å². The molecule has 0 spiro atoms. The maximum atomic E-state index is 13.2. The van der Waals surface area contributed by atoms with Gasteiger partial charge in [0.05, 0.1) is 16.0 Å². The standard InChI is InChI=1S/C26H26F3N5O4S2/c1-16(35)33-10-12-34(13-11-33)24(37)20-14-19(8-9-21(20)38-26(27,28)29)39-22-15-30-25(40-22)31-23(36)17-4-6-18(7-5-17)32(2)3/h4-9,14-15H,10-13H2,1-3H3,(H,30,31,36). The zero-order valence-electron chi connectivity index (χ0n) is 21.8. The van der Waals surface area contributed by atoms with E-state index in [9.17, 15) is 27.6 Å². The van der Waals surface area contributed by atoms with Crippen molar-refractivity contribution in [3.8, 4) is 5.75 Å². The van der Waals surface area contributed by atoms with Gasteiger partial charge in [0.1, 0.15) is 5.75 Å². The quantitative estimate of drug-likeness (QED) is 0.420. The number of hydrogen-bond acceptors (Lipinski definition) is 8. The zero-order valence-corrected chi connectivity index (χ0v) is 23.5. The van der Waals surface area contributed by atoms with Gasteiger partial charge in [-0.25, -0.2) is 4.98 Å². The maximum absolute atomic E-state index is 13.2. The van der Waals surface area contributed by atoms with E-state index in [2.05, 4.69) is 15.0 Å². The van der Waals surface area contributed by atoms with Crippen LogP contribution in [0.25, 0.3) is 0 Å². The first-order valence-corrected chi connectivity index (χ1v) is 13.7. The van der Waals surface area contributed by atoms with Crippen LogP contribution < -0.4 is 15.0 Å². The summed E-state index contributed by atoms with van der Waals surface area (Å²) in [5, 5.41) is 3.09. The van der Waals surface area contributed by atoms with Gasteiger partial charge in [0.2, 0.25) is 5.91 Å². The van der Waals surface area contributed by atoms with Crippen molar-refractivity contribution in [2.24, 2.45) is 0 Å². The van der Waals surface area contributed by atoms with Crippen molar-refractivity contribution in [2.75, 3.05) is 50.5 Å². The van der Waals surface area contributed by atoms with Gasteiger partial charge in [-0.1, -0.05) is 23.1 Å². The molecule has 0 atom stereocenters. The third-order valence-electron chi connectivity index (χ3n) is 5.99. The number of amides is 3. The molecule has 1 N–H and O–H groups in total. The van der Waals surface area contributed by atoms with Crippen molar-refractivity contribution in [3.63, 3.8) is 0 Å². The number of ether oxygens (including phenoxy) is 1. The number of nitrogens with one attached hydrogen (secondary N) is 1. The third kappa shape index (κ3) is 7.45. The Morgan fingerprint density at radius 3 is 2.27 bits per heavy atom. The molecule has 1 saturated heterocycles. The first-order valence-electron chi connectivity index (χ1n) is 12.1. The first-order chi connectivity index (χ1) is 18.9. The lowest BCUT2D eigenvalue weighted by atomic mass is 10.1. The number of benzene rings is 2. The lowest BCUT2D eigenvalue weighted by Gasteiger charge is -2.34. The SMILES string of the molecule is CC(=O)N1CCN(C(=O)c2cc(Sc3cnc(NC(=O)c4ccc(N(C)C)cc4)s3)ccc2OC(F)(F)F)CC1. The molecule has 1 fully saturated rings. The summed E-state index contributed by atoms with van der Waals surface area (Å²) >= 11 is 2.37. The Hall–Kier alpha value is -3.78. The van der Waals surface area contributed by atoms with Gasteiger partial charge >= 0.3 is 6.36 Å². The molecular weight excluding hydrogens is 567 g/mol. The van der Waals surface area contributed by atoms with Gasteiger partial charge in [0.25, 0.3) is 11.8 Å². The van der Waals surface area contributed by atoms with Gasteiger partial charge in [-0.15, -0.1) is 13.2 Å². The lowest BCUT2D eigenvalue weighted by molar-refractivity contribution is -0.274. The van der Waals surface area contributed by atoms with Gasteiger partial charge in [0.15, 0.2) is 5.13 Å². The average molecular weight is 594 g/mol. The summed E-state index contributed by atoms with van der Waals surface area (Å²) in [4.78, 5) is 47.0. The molecular formula is C26H26F3N5O4S2. The van der Waals surface area contributed by atoms with E-state index in [1.807, 2.05) is 31.1 Å². The highest BCUT2D eigenvalue weighted by atomic mass is 32.2. The number of carbonyl (C=O) groups is 3. The monoisotopic (exact) mass is 593 g/mol. The Bertz CT molecular complexity index is 1390. The maximum Gasteiger partial charge on any atom is 0.573 e. The van der Waals surface area contributed by atoms with E-state index in [0.717, 1.165) is 11.8 Å². The van der Waals surface area contributed by atoms with Gasteiger partial charge < -0.3 is 19.4 Å². The molecule has 1 aromatic heterocycles. The summed E-state index contributed by atoms with van der Waals surface area (Å²) in [7, 11) is 3.80. The van der Waals surface area contributed by atoms with Crippen LogP contribution in [-0.2, 0) is 4.79 Å². The third-order valence-corrected chi connectivity index (χ3v) is 7.99. The predicted molar refractivity (Wildman–Crippen MR) is 146 cm³/mol. The Labute approximate surface area is 236 Å². The van der Waals surface area contributed by atoms with Crippen LogP contribution in [0.4, 0.5) is 24.0 Å². The minimum atomic E-state index is -4.98. The molecule has 4 rings (SSSR count). The van der Waals surface area contributed by atoms with E-state index in [0.29, 0.717) is 32.9 Å². The summed E-state index contributed by atoms with van der Waals surface area (Å²) < 4.78 is 44.0. The molecule has 0 saturated carbocycles. The van der Waals surface area contributed by atoms with Crippen LogP contribution in [0.1, 0.15) is 27.6 Å². The highest BCUT2D eigenvalue weighted by molar-refractivity contribution is 8.01. The topological polar surface area (TPSA) is 95.1 Å². The molecule has 2 aromatic carbocycles. The van der Waals surface area contributed by atoms with E-state index in [1.54, 1.807) is 17.0 Å². The molecule has 1 aliphatic heterocycles. The van der Waals surface area contributed by atoms with E-state index in [-0.39, 0.29) is 30.5 Å². The summed E-state index contributed by atoms with van der Waals surface area (Å²) in [5.74, 6) is -1.69. The van der Waals surface area contributed by atoms with Crippen LogP contribution in [-0.4, -0.2) is 79.1 Å². The molecule has 3 aromatic rings. The summed E-state index contributed by atoms with van der Waals surface area (Å²) in [6.07, 6.45) is -3.45. The normalized spacial score (nSPS) is 13.7. The van der Waals surface area contributed by atoms with Crippen molar-refractivity contribution in [1.82, 2.24) is 14.8 Å². The second-order valence-corrected chi connectivity index (χ2v) is 11.4. The summed E-state index contributed by atoms with van der Waals surface area (Å²) in [6, 6.07) is 10.9. The Kier molecular flexibility index (Phi) is 8.88. The minimum Gasteiger partial charge on any atom is -0.405 e.